The van der Waals surface area contributed by atoms with E-state index >= 15 is 0 Å². The van der Waals surface area contributed by atoms with Crippen molar-refractivity contribution in [3.63, 3.8) is 0 Å². The van der Waals surface area contributed by atoms with Gasteiger partial charge < -0.3 is 25.2 Å². The molecule has 1 aliphatic heterocycles. The Labute approximate surface area is 136 Å². The SMILES string of the molecule is COCCNC(=O)N1CCN(c2ccc(NC(C)=O)cc2)CC1. The minimum atomic E-state index is -0.0779. The smallest absolute Gasteiger partial charge is 0.317 e. The molecule has 1 aromatic carbocycles. The predicted molar refractivity (Wildman–Crippen MR) is 89.8 cm³/mol. The summed E-state index contributed by atoms with van der Waals surface area (Å²) in [5.41, 5.74) is 1.89. The van der Waals surface area contributed by atoms with Crippen molar-refractivity contribution in [2.45, 2.75) is 6.92 Å². The highest BCUT2D eigenvalue weighted by Gasteiger charge is 2.20. The van der Waals surface area contributed by atoms with Crippen LogP contribution in [0.3, 0.4) is 0 Å². The molecule has 1 fully saturated rings. The molecule has 0 saturated carbocycles. The first-order chi connectivity index (χ1) is 11.1. The third-order valence-corrected chi connectivity index (χ3v) is 3.70. The van der Waals surface area contributed by atoms with E-state index in [0.29, 0.717) is 26.2 Å². The zero-order valence-electron chi connectivity index (χ0n) is 13.7. The quantitative estimate of drug-likeness (QED) is 0.798. The van der Waals surface area contributed by atoms with E-state index in [-0.39, 0.29) is 11.9 Å². The van der Waals surface area contributed by atoms with Crippen LogP contribution in [0.5, 0.6) is 0 Å². The third kappa shape index (κ3) is 5.14. The predicted octanol–water partition coefficient (Wildman–Crippen LogP) is 1.12. The lowest BCUT2D eigenvalue weighted by Crippen LogP contribution is -2.52. The maximum Gasteiger partial charge on any atom is 0.317 e. The Bertz CT molecular complexity index is 525. The second-order valence-electron chi connectivity index (χ2n) is 5.43. The number of carbonyl (C=O) groups excluding carboxylic acids is 2. The normalized spacial score (nSPS) is 14.5. The number of urea groups is 1. The van der Waals surface area contributed by atoms with E-state index in [0.717, 1.165) is 24.5 Å². The molecular formula is C16H24N4O3. The van der Waals surface area contributed by atoms with Crippen LogP contribution in [-0.2, 0) is 9.53 Å². The molecule has 7 heteroatoms. The van der Waals surface area contributed by atoms with Gasteiger partial charge in [0.15, 0.2) is 0 Å². The molecule has 0 aliphatic carbocycles. The number of anilines is 2. The van der Waals surface area contributed by atoms with Crippen molar-refractivity contribution in [1.82, 2.24) is 10.2 Å². The second-order valence-corrected chi connectivity index (χ2v) is 5.43. The van der Waals surface area contributed by atoms with Gasteiger partial charge in [0, 0.05) is 58.1 Å². The Morgan fingerprint density at radius 1 is 1.13 bits per heavy atom. The Balaban J connectivity index is 1.81. The van der Waals surface area contributed by atoms with Crippen molar-refractivity contribution in [1.29, 1.82) is 0 Å². The summed E-state index contributed by atoms with van der Waals surface area (Å²) in [6.07, 6.45) is 0. The van der Waals surface area contributed by atoms with Crippen LogP contribution in [0.4, 0.5) is 16.2 Å². The zero-order chi connectivity index (χ0) is 16.7. The topological polar surface area (TPSA) is 73.9 Å². The molecule has 1 aliphatic rings. The molecular weight excluding hydrogens is 296 g/mol. The fraction of sp³-hybridized carbons (Fsp3) is 0.500. The number of rotatable bonds is 5. The summed E-state index contributed by atoms with van der Waals surface area (Å²) < 4.78 is 4.92. The van der Waals surface area contributed by atoms with Gasteiger partial charge >= 0.3 is 6.03 Å². The van der Waals surface area contributed by atoms with Crippen molar-refractivity contribution in [3.8, 4) is 0 Å². The molecule has 0 atom stereocenters. The summed E-state index contributed by atoms with van der Waals surface area (Å²) in [4.78, 5) is 27.0. The molecule has 0 spiro atoms. The second kappa shape index (κ2) is 8.38. The van der Waals surface area contributed by atoms with E-state index in [4.69, 9.17) is 4.74 Å². The summed E-state index contributed by atoms with van der Waals surface area (Å²) in [5, 5.41) is 5.59. The number of amides is 3. The molecule has 126 valence electrons. The Kier molecular flexibility index (Phi) is 6.22. The Morgan fingerprint density at radius 3 is 2.35 bits per heavy atom. The van der Waals surface area contributed by atoms with Crippen molar-refractivity contribution in [2.75, 3.05) is 56.7 Å². The number of benzene rings is 1. The number of nitrogens with one attached hydrogen (secondary N) is 2. The van der Waals surface area contributed by atoms with Crippen LogP contribution in [-0.4, -0.2) is 63.3 Å². The Hall–Kier alpha value is -2.28. The highest BCUT2D eigenvalue weighted by atomic mass is 16.5. The lowest BCUT2D eigenvalue weighted by atomic mass is 10.2. The van der Waals surface area contributed by atoms with E-state index in [1.807, 2.05) is 29.2 Å². The minimum Gasteiger partial charge on any atom is -0.383 e. The lowest BCUT2D eigenvalue weighted by molar-refractivity contribution is -0.114. The number of nitrogens with zero attached hydrogens (tertiary/aromatic N) is 2. The van der Waals surface area contributed by atoms with Gasteiger partial charge in [-0.3, -0.25) is 4.79 Å². The molecule has 23 heavy (non-hydrogen) atoms. The number of hydrogen-bond donors (Lipinski definition) is 2. The van der Waals surface area contributed by atoms with Crippen LogP contribution < -0.4 is 15.5 Å². The van der Waals surface area contributed by atoms with Gasteiger partial charge in [-0.05, 0) is 24.3 Å². The summed E-state index contributed by atoms with van der Waals surface area (Å²) in [5.74, 6) is -0.0779. The summed E-state index contributed by atoms with van der Waals surface area (Å²) >= 11 is 0. The highest BCUT2D eigenvalue weighted by Crippen LogP contribution is 2.19. The van der Waals surface area contributed by atoms with Crippen molar-refractivity contribution in [3.05, 3.63) is 24.3 Å². The summed E-state index contributed by atoms with van der Waals surface area (Å²) in [6, 6.07) is 7.71. The molecule has 2 N–H and O–H groups in total. The minimum absolute atomic E-state index is 0.0392. The molecule has 2 rings (SSSR count). The first-order valence-electron chi connectivity index (χ1n) is 7.74. The number of piperazine rings is 1. The van der Waals surface area contributed by atoms with Crippen LogP contribution >= 0.6 is 0 Å². The van der Waals surface area contributed by atoms with Crippen LogP contribution in [0.25, 0.3) is 0 Å². The van der Waals surface area contributed by atoms with Gasteiger partial charge in [-0.25, -0.2) is 4.79 Å². The van der Waals surface area contributed by atoms with E-state index < -0.39 is 0 Å². The van der Waals surface area contributed by atoms with E-state index in [9.17, 15) is 9.59 Å². The maximum absolute atomic E-state index is 12.0. The van der Waals surface area contributed by atoms with Gasteiger partial charge in [0.05, 0.1) is 6.61 Å². The monoisotopic (exact) mass is 320 g/mol. The highest BCUT2D eigenvalue weighted by molar-refractivity contribution is 5.88. The Morgan fingerprint density at radius 2 is 1.78 bits per heavy atom. The van der Waals surface area contributed by atoms with Gasteiger partial charge in [0.25, 0.3) is 0 Å². The lowest BCUT2D eigenvalue weighted by Gasteiger charge is -2.36. The van der Waals surface area contributed by atoms with E-state index in [1.54, 1.807) is 7.11 Å². The van der Waals surface area contributed by atoms with Gasteiger partial charge in [0.1, 0.15) is 0 Å². The van der Waals surface area contributed by atoms with E-state index in [1.165, 1.54) is 6.92 Å². The number of methoxy groups -OCH3 is 1. The van der Waals surface area contributed by atoms with Crippen molar-refractivity contribution >= 4 is 23.3 Å². The number of hydrogen-bond acceptors (Lipinski definition) is 4. The van der Waals surface area contributed by atoms with E-state index in [2.05, 4.69) is 15.5 Å². The van der Waals surface area contributed by atoms with Crippen LogP contribution in [0.2, 0.25) is 0 Å². The molecule has 1 saturated heterocycles. The molecule has 1 heterocycles. The molecule has 7 nitrogen and oxygen atoms in total. The molecule has 3 amide bonds. The van der Waals surface area contributed by atoms with Gasteiger partial charge in [-0.15, -0.1) is 0 Å². The fourth-order valence-electron chi connectivity index (χ4n) is 2.50. The summed E-state index contributed by atoms with van der Waals surface area (Å²) in [7, 11) is 1.61. The van der Waals surface area contributed by atoms with Gasteiger partial charge in [0.2, 0.25) is 5.91 Å². The standard InChI is InChI=1S/C16H24N4O3/c1-13(21)18-14-3-5-15(6-4-14)19-8-10-20(11-9-19)16(22)17-7-12-23-2/h3-6H,7-12H2,1-2H3,(H,17,22)(H,18,21). The van der Waals surface area contributed by atoms with Crippen molar-refractivity contribution in [2.24, 2.45) is 0 Å². The molecule has 0 aromatic heterocycles. The average Bonchev–Trinajstić information content (AvgIpc) is 2.55. The molecule has 0 radical (unpaired) electrons. The number of ether oxygens (including phenoxy) is 1. The van der Waals surface area contributed by atoms with Gasteiger partial charge in [-0.2, -0.15) is 0 Å². The number of carbonyl (C=O) groups is 2. The maximum atomic E-state index is 12.0. The first-order valence-corrected chi connectivity index (χ1v) is 7.74. The average molecular weight is 320 g/mol. The fourth-order valence-corrected chi connectivity index (χ4v) is 2.50. The van der Waals surface area contributed by atoms with Gasteiger partial charge in [-0.1, -0.05) is 0 Å². The van der Waals surface area contributed by atoms with Crippen LogP contribution in [0.1, 0.15) is 6.92 Å². The first kappa shape index (κ1) is 17.1. The van der Waals surface area contributed by atoms with Crippen molar-refractivity contribution < 1.29 is 14.3 Å². The third-order valence-electron chi connectivity index (χ3n) is 3.70. The molecule has 0 bridgehead atoms. The van der Waals surface area contributed by atoms with Crippen LogP contribution in [0.15, 0.2) is 24.3 Å². The molecule has 1 aromatic rings. The van der Waals surface area contributed by atoms with Crippen LogP contribution in [0, 0.1) is 0 Å². The molecule has 0 unspecified atom stereocenters. The largest absolute Gasteiger partial charge is 0.383 e. The zero-order valence-corrected chi connectivity index (χ0v) is 13.7. The summed E-state index contributed by atoms with van der Waals surface area (Å²) in [6.45, 7) is 5.49.